The van der Waals surface area contributed by atoms with E-state index in [2.05, 4.69) is 10.8 Å². The van der Waals surface area contributed by atoms with Crippen LogP contribution in [0, 0.1) is 0 Å². The Balaban J connectivity index is 2.54. The Hall–Kier alpha value is -0.280. The molecule has 0 saturated carbocycles. The molecular weight excluding hydrogens is 150 g/mol. The molecule has 1 radical (unpaired) electrons. The minimum Gasteiger partial charge on any atom is -0.204 e. The third-order valence-corrected chi connectivity index (χ3v) is 2.98. The van der Waals surface area contributed by atoms with Gasteiger partial charge in [0.15, 0.2) is 0 Å². The lowest BCUT2D eigenvalue weighted by molar-refractivity contribution is 1.31. The number of hydrogen-bond donors (Lipinski definition) is 0. The van der Waals surface area contributed by atoms with Gasteiger partial charge in [-0.05, 0) is 22.9 Å². The number of rotatable bonds is 0. The topological polar surface area (TPSA) is 14.1 Å². The molecule has 1 aliphatic rings. The van der Waals surface area contributed by atoms with Crippen molar-refractivity contribution in [2.45, 2.75) is 4.90 Å². The number of hydrogen-bond acceptors (Lipinski definition) is 2. The minimum absolute atomic E-state index is 1.12. The molecule has 0 atom stereocenters. The van der Waals surface area contributed by atoms with Crippen molar-refractivity contribution in [3.05, 3.63) is 24.3 Å². The van der Waals surface area contributed by atoms with Gasteiger partial charge in [0.1, 0.15) is 0 Å². The fourth-order valence-corrected chi connectivity index (χ4v) is 2.47. The molecule has 1 aromatic rings. The Bertz CT molecular complexity index is 201. The summed E-state index contributed by atoms with van der Waals surface area (Å²) in [5.41, 5.74) is 1.12. The molecule has 0 spiro atoms. The SMILES string of the molecule is c1ccc2c(c1)[N]SS2. The molecule has 3 heteroatoms. The van der Waals surface area contributed by atoms with Crippen LogP contribution in [0.4, 0.5) is 5.69 Å². The maximum absolute atomic E-state index is 4.18. The van der Waals surface area contributed by atoms with Crippen LogP contribution in [0.25, 0.3) is 0 Å². The van der Waals surface area contributed by atoms with Gasteiger partial charge in [0, 0.05) is 15.9 Å². The summed E-state index contributed by atoms with van der Waals surface area (Å²) in [7, 11) is 3.26. The summed E-state index contributed by atoms with van der Waals surface area (Å²) in [6, 6.07) is 8.16. The van der Waals surface area contributed by atoms with Crippen molar-refractivity contribution in [1.82, 2.24) is 4.72 Å². The van der Waals surface area contributed by atoms with Crippen LogP contribution < -0.4 is 4.72 Å². The van der Waals surface area contributed by atoms with Crippen molar-refractivity contribution in [1.29, 1.82) is 0 Å². The van der Waals surface area contributed by atoms with E-state index in [1.807, 2.05) is 18.2 Å². The second-order valence-corrected chi connectivity index (χ2v) is 3.60. The summed E-state index contributed by atoms with van der Waals surface area (Å²) in [6.07, 6.45) is 0. The van der Waals surface area contributed by atoms with E-state index >= 15 is 0 Å². The standard InChI is InChI=1S/C6H4NS2/c1-2-4-6-5(3-1)7-9-8-6/h1-4H. The highest BCUT2D eigenvalue weighted by Gasteiger charge is 2.10. The van der Waals surface area contributed by atoms with Crippen molar-refractivity contribution in [2.75, 3.05) is 0 Å². The average molecular weight is 154 g/mol. The lowest BCUT2D eigenvalue weighted by Crippen LogP contribution is -1.73. The normalized spacial score (nSPS) is 14.7. The van der Waals surface area contributed by atoms with Crippen LogP contribution in [-0.2, 0) is 0 Å². The van der Waals surface area contributed by atoms with Gasteiger partial charge in [0.2, 0.25) is 0 Å². The third-order valence-electron chi connectivity index (χ3n) is 1.13. The van der Waals surface area contributed by atoms with E-state index in [9.17, 15) is 0 Å². The first-order valence-corrected chi connectivity index (χ1v) is 4.71. The van der Waals surface area contributed by atoms with Crippen LogP contribution in [-0.4, -0.2) is 0 Å². The summed E-state index contributed by atoms with van der Waals surface area (Å²) < 4.78 is 4.18. The van der Waals surface area contributed by atoms with Crippen molar-refractivity contribution < 1.29 is 0 Å². The van der Waals surface area contributed by atoms with Crippen LogP contribution in [0.2, 0.25) is 0 Å². The van der Waals surface area contributed by atoms with Gasteiger partial charge in [-0.3, -0.25) is 0 Å². The molecule has 0 aliphatic carbocycles. The Morgan fingerprint density at radius 1 is 1.22 bits per heavy atom. The zero-order valence-electron chi connectivity index (χ0n) is 4.57. The summed E-state index contributed by atoms with van der Waals surface area (Å²) >= 11 is 0. The van der Waals surface area contributed by atoms with Gasteiger partial charge < -0.3 is 0 Å². The summed E-state index contributed by atoms with van der Waals surface area (Å²) in [4.78, 5) is 1.28. The molecule has 1 aromatic carbocycles. The zero-order valence-corrected chi connectivity index (χ0v) is 6.21. The summed E-state index contributed by atoms with van der Waals surface area (Å²) in [5.74, 6) is 0. The van der Waals surface area contributed by atoms with E-state index in [1.54, 1.807) is 21.8 Å². The van der Waals surface area contributed by atoms with Crippen LogP contribution in [0.1, 0.15) is 0 Å². The minimum atomic E-state index is 1.12. The van der Waals surface area contributed by atoms with E-state index in [4.69, 9.17) is 0 Å². The van der Waals surface area contributed by atoms with Crippen LogP contribution in [0.3, 0.4) is 0 Å². The first-order chi connectivity index (χ1) is 4.47. The van der Waals surface area contributed by atoms with Crippen LogP contribution in [0.5, 0.6) is 0 Å². The number of benzene rings is 1. The molecule has 0 fully saturated rings. The van der Waals surface area contributed by atoms with Crippen molar-refractivity contribution >= 4 is 27.5 Å². The molecule has 0 bridgehead atoms. The monoisotopic (exact) mass is 154 g/mol. The average Bonchev–Trinajstić information content (AvgIpc) is 2.33. The Labute approximate surface area is 61.8 Å². The van der Waals surface area contributed by atoms with E-state index in [0.29, 0.717) is 0 Å². The van der Waals surface area contributed by atoms with Gasteiger partial charge in [-0.25, -0.2) is 4.72 Å². The Kier molecular flexibility index (Phi) is 1.32. The van der Waals surface area contributed by atoms with Gasteiger partial charge in [-0.15, -0.1) is 0 Å². The molecule has 1 heterocycles. The second kappa shape index (κ2) is 2.15. The van der Waals surface area contributed by atoms with E-state index in [-0.39, 0.29) is 0 Å². The third kappa shape index (κ3) is 0.904. The largest absolute Gasteiger partial charge is 0.204 e. The highest BCUT2D eigenvalue weighted by Crippen LogP contribution is 2.43. The molecule has 45 valence electrons. The molecule has 0 saturated heterocycles. The highest BCUT2D eigenvalue weighted by molar-refractivity contribution is 8.76. The molecule has 1 nitrogen and oxygen atoms in total. The van der Waals surface area contributed by atoms with Gasteiger partial charge in [-0.1, -0.05) is 12.1 Å². The van der Waals surface area contributed by atoms with Crippen LogP contribution in [0.15, 0.2) is 29.2 Å². The summed E-state index contributed by atoms with van der Waals surface area (Å²) in [5, 5.41) is 0. The van der Waals surface area contributed by atoms with E-state index in [0.717, 1.165) is 5.69 Å². The Morgan fingerprint density at radius 3 is 3.00 bits per heavy atom. The second-order valence-electron chi connectivity index (χ2n) is 1.72. The smallest absolute Gasteiger partial charge is 0.0868 e. The lowest BCUT2D eigenvalue weighted by Gasteiger charge is -1.88. The first-order valence-electron chi connectivity index (χ1n) is 2.60. The maximum atomic E-state index is 4.18. The predicted octanol–water partition coefficient (Wildman–Crippen LogP) is 2.59. The number of nitrogens with zero attached hydrogens (tertiary/aromatic N) is 1. The fraction of sp³-hybridized carbons (Fsp3) is 0. The van der Waals surface area contributed by atoms with Crippen LogP contribution >= 0.6 is 21.8 Å². The van der Waals surface area contributed by atoms with Gasteiger partial charge in [0.25, 0.3) is 0 Å². The van der Waals surface area contributed by atoms with Crippen molar-refractivity contribution in [3.63, 3.8) is 0 Å². The molecule has 9 heavy (non-hydrogen) atoms. The molecule has 0 N–H and O–H groups in total. The van der Waals surface area contributed by atoms with E-state index < -0.39 is 0 Å². The number of fused-ring (bicyclic) bond motifs is 1. The summed E-state index contributed by atoms with van der Waals surface area (Å²) in [6.45, 7) is 0. The molecule has 1 aliphatic heterocycles. The van der Waals surface area contributed by atoms with Gasteiger partial charge >= 0.3 is 0 Å². The first kappa shape index (κ1) is 5.50. The molecule has 0 unspecified atom stereocenters. The van der Waals surface area contributed by atoms with Crippen molar-refractivity contribution in [2.24, 2.45) is 0 Å². The van der Waals surface area contributed by atoms with Crippen molar-refractivity contribution in [3.8, 4) is 0 Å². The zero-order chi connectivity index (χ0) is 6.10. The molecule has 0 aromatic heterocycles. The molecule has 2 rings (SSSR count). The maximum Gasteiger partial charge on any atom is 0.0868 e. The molecule has 0 amide bonds. The van der Waals surface area contributed by atoms with Gasteiger partial charge in [-0.2, -0.15) is 0 Å². The molecular formula is C6H4NS2. The fourth-order valence-electron chi connectivity index (χ4n) is 0.702. The Morgan fingerprint density at radius 2 is 2.11 bits per heavy atom. The van der Waals surface area contributed by atoms with E-state index in [1.165, 1.54) is 4.90 Å². The highest BCUT2D eigenvalue weighted by atomic mass is 33.1. The lowest BCUT2D eigenvalue weighted by atomic mass is 10.3. The quantitative estimate of drug-likeness (QED) is 0.421. The predicted molar refractivity (Wildman–Crippen MR) is 41.7 cm³/mol. The van der Waals surface area contributed by atoms with Gasteiger partial charge in [0.05, 0.1) is 5.69 Å².